The second-order valence-electron chi connectivity index (χ2n) is 6.31. The van der Waals surface area contributed by atoms with Crippen LogP contribution >= 0.6 is 0 Å². The maximum Gasteiger partial charge on any atom is 0.262 e. The van der Waals surface area contributed by atoms with E-state index >= 15 is 0 Å². The first-order valence-corrected chi connectivity index (χ1v) is 10.0. The second kappa shape index (κ2) is 7.82. The molecule has 3 aromatic rings. The fourth-order valence-electron chi connectivity index (χ4n) is 2.63. The Balaban J connectivity index is 1.86. The van der Waals surface area contributed by atoms with Crippen molar-refractivity contribution < 1.29 is 17.6 Å². The standard InChI is InChI=1S/C21H19FN2O3S/c1-14-7-5-12-19(15(14)2)23-21(25)16-8-6-9-17(13-16)28(26,27)24-20-11-4-3-10-18(20)22/h3-13,24H,1-2H3,(H,23,25). The largest absolute Gasteiger partial charge is 0.322 e. The summed E-state index contributed by atoms with van der Waals surface area (Å²) in [6.45, 7) is 3.83. The van der Waals surface area contributed by atoms with Gasteiger partial charge in [-0.15, -0.1) is 0 Å². The van der Waals surface area contributed by atoms with Gasteiger partial charge in [-0.25, -0.2) is 12.8 Å². The first-order valence-electron chi connectivity index (χ1n) is 8.53. The number of aryl methyl sites for hydroxylation is 1. The predicted molar refractivity (Wildman–Crippen MR) is 108 cm³/mol. The Hall–Kier alpha value is -3.19. The number of halogens is 1. The van der Waals surface area contributed by atoms with E-state index in [9.17, 15) is 17.6 Å². The van der Waals surface area contributed by atoms with Gasteiger partial charge >= 0.3 is 0 Å². The Morgan fingerprint density at radius 2 is 1.57 bits per heavy atom. The average molecular weight is 398 g/mol. The van der Waals surface area contributed by atoms with Crippen molar-refractivity contribution in [1.82, 2.24) is 0 Å². The molecule has 0 aromatic heterocycles. The quantitative estimate of drug-likeness (QED) is 0.665. The molecule has 0 aliphatic rings. The zero-order valence-corrected chi connectivity index (χ0v) is 16.2. The highest BCUT2D eigenvalue weighted by Gasteiger charge is 2.18. The molecular formula is C21H19FN2O3S. The van der Waals surface area contributed by atoms with Crippen molar-refractivity contribution in [3.05, 3.63) is 89.2 Å². The number of hydrogen-bond acceptors (Lipinski definition) is 3. The Kier molecular flexibility index (Phi) is 5.46. The summed E-state index contributed by atoms with van der Waals surface area (Å²) in [6, 6.07) is 16.6. The molecule has 0 aliphatic heterocycles. The van der Waals surface area contributed by atoms with E-state index in [0.717, 1.165) is 17.2 Å². The lowest BCUT2D eigenvalue weighted by Crippen LogP contribution is -2.16. The monoisotopic (exact) mass is 398 g/mol. The van der Waals surface area contributed by atoms with Gasteiger partial charge in [0.25, 0.3) is 15.9 Å². The number of anilines is 2. The van der Waals surface area contributed by atoms with Crippen LogP contribution in [0.15, 0.2) is 71.6 Å². The summed E-state index contributed by atoms with van der Waals surface area (Å²) in [6.07, 6.45) is 0. The van der Waals surface area contributed by atoms with Crippen LogP contribution in [-0.2, 0) is 10.0 Å². The lowest BCUT2D eigenvalue weighted by atomic mass is 10.1. The minimum Gasteiger partial charge on any atom is -0.322 e. The third-order valence-corrected chi connectivity index (χ3v) is 5.74. The molecule has 0 radical (unpaired) electrons. The molecule has 3 rings (SSSR count). The van der Waals surface area contributed by atoms with Crippen LogP contribution in [0.3, 0.4) is 0 Å². The van der Waals surface area contributed by atoms with Gasteiger partial charge in [0, 0.05) is 11.3 Å². The van der Waals surface area contributed by atoms with Crippen molar-refractivity contribution in [2.75, 3.05) is 10.0 Å². The Labute approximate surface area is 163 Å². The normalized spacial score (nSPS) is 11.1. The van der Waals surface area contributed by atoms with Crippen LogP contribution < -0.4 is 10.0 Å². The van der Waals surface area contributed by atoms with E-state index in [1.807, 2.05) is 26.0 Å². The number of hydrogen-bond donors (Lipinski definition) is 2. The first-order chi connectivity index (χ1) is 13.3. The number of nitrogens with one attached hydrogen (secondary N) is 2. The van der Waals surface area contributed by atoms with Crippen molar-refractivity contribution in [1.29, 1.82) is 0 Å². The summed E-state index contributed by atoms with van der Waals surface area (Å²) < 4.78 is 41.1. The number of sulfonamides is 1. The molecule has 0 aliphatic carbocycles. The SMILES string of the molecule is Cc1cccc(NC(=O)c2cccc(S(=O)(=O)Nc3ccccc3F)c2)c1C. The molecule has 28 heavy (non-hydrogen) atoms. The highest BCUT2D eigenvalue weighted by Crippen LogP contribution is 2.22. The molecule has 0 heterocycles. The summed E-state index contributed by atoms with van der Waals surface area (Å²) in [7, 11) is -4.05. The first kappa shape index (κ1) is 19.6. The van der Waals surface area contributed by atoms with Crippen LogP contribution in [0.5, 0.6) is 0 Å². The molecule has 1 amide bonds. The zero-order chi connectivity index (χ0) is 20.3. The summed E-state index contributed by atoms with van der Waals surface area (Å²) in [5, 5.41) is 2.79. The lowest BCUT2D eigenvalue weighted by molar-refractivity contribution is 0.102. The molecule has 0 spiro atoms. The molecule has 0 unspecified atom stereocenters. The van der Waals surface area contributed by atoms with E-state index in [-0.39, 0.29) is 16.1 Å². The van der Waals surface area contributed by atoms with E-state index < -0.39 is 21.7 Å². The smallest absolute Gasteiger partial charge is 0.262 e. The van der Waals surface area contributed by atoms with Crippen LogP contribution in [0, 0.1) is 19.7 Å². The molecule has 144 valence electrons. The van der Waals surface area contributed by atoms with E-state index in [4.69, 9.17) is 0 Å². The van der Waals surface area contributed by atoms with Gasteiger partial charge in [-0.05, 0) is 61.4 Å². The Morgan fingerprint density at radius 3 is 2.32 bits per heavy atom. The molecule has 5 nitrogen and oxygen atoms in total. The van der Waals surface area contributed by atoms with Crippen LogP contribution in [0.25, 0.3) is 0 Å². The van der Waals surface area contributed by atoms with E-state index in [1.165, 1.54) is 42.5 Å². The maximum absolute atomic E-state index is 13.8. The predicted octanol–water partition coefficient (Wildman–Crippen LogP) is 4.50. The summed E-state index contributed by atoms with van der Waals surface area (Å²) in [5.41, 5.74) is 2.64. The van der Waals surface area contributed by atoms with Gasteiger partial charge in [0.15, 0.2) is 0 Å². The van der Waals surface area contributed by atoms with Gasteiger partial charge in [0.05, 0.1) is 10.6 Å². The van der Waals surface area contributed by atoms with Crippen LogP contribution in [0.2, 0.25) is 0 Å². The summed E-state index contributed by atoms with van der Waals surface area (Å²) in [4.78, 5) is 12.4. The second-order valence-corrected chi connectivity index (χ2v) is 8.00. The number of amides is 1. The van der Waals surface area contributed by atoms with Crippen molar-refractivity contribution >= 4 is 27.3 Å². The highest BCUT2D eigenvalue weighted by atomic mass is 32.2. The summed E-state index contributed by atoms with van der Waals surface area (Å²) in [5.74, 6) is -1.12. The molecule has 0 bridgehead atoms. The minimum atomic E-state index is -4.05. The molecule has 3 aromatic carbocycles. The van der Waals surface area contributed by atoms with Gasteiger partial charge in [-0.1, -0.05) is 30.3 Å². The number of rotatable bonds is 5. The molecular weight excluding hydrogens is 379 g/mol. The molecule has 2 N–H and O–H groups in total. The van der Waals surface area contributed by atoms with E-state index in [2.05, 4.69) is 10.0 Å². The number of carbonyl (C=O) groups is 1. The van der Waals surface area contributed by atoms with Crippen molar-refractivity contribution in [3.63, 3.8) is 0 Å². The molecule has 0 atom stereocenters. The minimum absolute atomic E-state index is 0.135. The molecule has 7 heteroatoms. The van der Waals surface area contributed by atoms with Gasteiger partial charge in [0.2, 0.25) is 0 Å². The lowest BCUT2D eigenvalue weighted by Gasteiger charge is -2.12. The van der Waals surface area contributed by atoms with Gasteiger partial charge in [-0.2, -0.15) is 0 Å². The zero-order valence-electron chi connectivity index (χ0n) is 15.4. The fraction of sp³-hybridized carbons (Fsp3) is 0.0952. The van der Waals surface area contributed by atoms with E-state index in [1.54, 1.807) is 6.07 Å². The maximum atomic E-state index is 13.8. The fourth-order valence-corrected chi connectivity index (χ4v) is 3.75. The van der Waals surface area contributed by atoms with Crippen LogP contribution in [0.4, 0.5) is 15.8 Å². The topological polar surface area (TPSA) is 75.3 Å². The van der Waals surface area contributed by atoms with Crippen molar-refractivity contribution in [2.45, 2.75) is 18.7 Å². The number of para-hydroxylation sites is 1. The van der Waals surface area contributed by atoms with Crippen molar-refractivity contribution in [2.24, 2.45) is 0 Å². The van der Waals surface area contributed by atoms with E-state index in [0.29, 0.717) is 5.69 Å². The van der Waals surface area contributed by atoms with Gasteiger partial charge < -0.3 is 5.32 Å². The third kappa shape index (κ3) is 4.20. The number of carbonyl (C=O) groups excluding carboxylic acids is 1. The molecule has 0 saturated heterocycles. The number of benzene rings is 3. The molecule has 0 fully saturated rings. The van der Waals surface area contributed by atoms with Gasteiger partial charge in [-0.3, -0.25) is 9.52 Å². The van der Waals surface area contributed by atoms with Crippen LogP contribution in [-0.4, -0.2) is 14.3 Å². The van der Waals surface area contributed by atoms with Crippen LogP contribution in [0.1, 0.15) is 21.5 Å². The summed E-state index contributed by atoms with van der Waals surface area (Å²) >= 11 is 0. The molecule has 0 saturated carbocycles. The highest BCUT2D eigenvalue weighted by molar-refractivity contribution is 7.92. The Morgan fingerprint density at radius 1 is 0.893 bits per heavy atom. The Bertz CT molecular complexity index is 1140. The average Bonchev–Trinajstić information content (AvgIpc) is 2.67. The third-order valence-electron chi connectivity index (χ3n) is 4.38. The van der Waals surface area contributed by atoms with Crippen molar-refractivity contribution in [3.8, 4) is 0 Å². The van der Waals surface area contributed by atoms with Gasteiger partial charge in [0.1, 0.15) is 5.82 Å².